The van der Waals surface area contributed by atoms with E-state index in [1.807, 2.05) is 30.3 Å². The highest BCUT2D eigenvalue weighted by atomic mass is 16.6. The maximum absolute atomic E-state index is 12.4. The highest BCUT2D eigenvalue weighted by molar-refractivity contribution is 5.95. The summed E-state index contributed by atoms with van der Waals surface area (Å²) in [5.41, 5.74) is 0.842. The van der Waals surface area contributed by atoms with Gasteiger partial charge >= 0.3 is 6.09 Å². The van der Waals surface area contributed by atoms with Crippen LogP contribution >= 0.6 is 0 Å². The number of amides is 2. The summed E-state index contributed by atoms with van der Waals surface area (Å²) >= 11 is 0. The quantitative estimate of drug-likeness (QED) is 0.865. The lowest BCUT2D eigenvalue weighted by Gasteiger charge is -2.22. The lowest BCUT2D eigenvalue weighted by molar-refractivity contribution is -0.120. The molecule has 0 bridgehead atoms. The molecule has 0 spiro atoms. The number of benzene rings is 1. The minimum atomic E-state index is -0.831. The number of aliphatic hydroxyl groups excluding tert-OH is 1. The first kappa shape index (κ1) is 16.8. The summed E-state index contributed by atoms with van der Waals surface area (Å²) < 4.78 is 5.26. The van der Waals surface area contributed by atoms with Crippen LogP contribution in [0.4, 0.5) is 10.7 Å². The Morgan fingerprint density at radius 2 is 1.92 bits per heavy atom. The number of likely N-dealkylation sites (tertiary alicyclic amines) is 1. The van der Waals surface area contributed by atoms with Gasteiger partial charge in [-0.25, -0.2) is 14.8 Å². The zero-order chi connectivity index (χ0) is 17.6. The molecule has 8 heteroatoms. The number of ether oxygens (including phenoxy) is 1. The largest absolute Gasteiger partial charge is 0.445 e. The molecule has 2 heterocycles. The Labute approximate surface area is 144 Å². The Bertz CT molecular complexity index is 726. The maximum Gasteiger partial charge on any atom is 0.410 e. The standard InChI is InChI=1S/C17H18N4O4/c22-13-9-14(15(23)20-16-18-7-4-8-19-16)21(10-13)17(24)25-11-12-5-2-1-3-6-12/h1-8,13-14,22H,9-11H2,(H,18,19,20,23)/t13-,14+/m0/s1. The molecule has 130 valence electrons. The average molecular weight is 342 g/mol. The van der Waals surface area contributed by atoms with Crippen LogP contribution in [0.5, 0.6) is 0 Å². The molecule has 8 nitrogen and oxygen atoms in total. The maximum atomic E-state index is 12.4. The van der Waals surface area contributed by atoms with E-state index in [9.17, 15) is 14.7 Å². The molecule has 2 atom stereocenters. The fourth-order valence-electron chi connectivity index (χ4n) is 2.62. The van der Waals surface area contributed by atoms with E-state index in [1.165, 1.54) is 17.3 Å². The van der Waals surface area contributed by atoms with E-state index < -0.39 is 24.1 Å². The van der Waals surface area contributed by atoms with Crippen LogP contribution in [0.3, 0.4) is 0 Å². The predicted octanol–water partition coefficient (Wildman–Crippen LogP) is 1.19. The molecule has 0 aliphatic carbocycles. The van der Waals surface area contributed by atoms with Gasteiger partial charge in [0.2, 0.25) is 11.9 Å². The Balaban J connectivity index is 1.62. The van der Waals surface area contributed by atoms with E-state index in [4.69, 9.17) is 4.74 Å². The number of β-amino-alcohol motifs (C(OH)–C–C–N with tert-alkyl or cyclic N) is 1. The second-order valence-electron chi connectivity index (χ2n) is 5.66. The third kappa shape index (κ3) is 4.30. The number of nitrogens with zero attached hydrogens (tertiary/aromatic N) is 3. The molecule has 1 aromatic carbocycles. The third-order valence-electron chi connectivity index (χ3n) is 3.82. The zero-order valence-corrected chi connectivity index (χ0v) is 13.4. The summed E-state index contributed by atoms with van der Waals surface area (Å²) in [7, 11) is 0. The minimum absolute atomic E-state index is 0.0430. The van der Waals surface area contributed by atoms with Crippen molar-refractivity contribution in [3.63, 3.8) is 0 Å². The number of hydrogen-bond acceptors (Lipinski definition) is 6. The number of hydrogen-bond donors (Lipinski definition) is 2. The van der Waals surface area contributed by atoms with Gasteiger partial charge in [0.05, 0.1) is 12.6 Å². The number of carbonyl (C=O) groups excluding carboxylic acids is 2. The Hall–Kier alpha value is -3.00. The Kier molecular flexibility index (Phi) is 5.20. The summed E-state index contributed by atoms with van der Waals surface area (Å²) in [5.74, 6) is -0.314. The van der Waals surface area contributed by atoms with Gasteiger partial charge in [-0.1, -0.05) is 30.3 Å². The minimum Gasteiger partial charge on any atom is -0.445 e. The lowest BCUT2D eigenvalue weighted by Crippen LogP contribution is -2.43. The molecule has 0 radical (unpaired) electrons. The Morgan fingerprint density at radius 3 is 2.64 bits per heavy atom. The molecule has 1 saturated heterocycles. The lowest BCUT2D eigenvalue weighted by atomic mass is 10.2. The molecule has 2 amide bonds. The van der Waals surface area contributed by atoms with Crippen molar-refractivity contribution < 1.29 is 19.4 Å². The molecule has 1 aliphatic heterocycles. The van der Waals surface area contributed by atoms with Crippen molar-refractivity contribution in [3.8, 4) is 0 Å². The van der Waals surface area contributed by atoms with Gasteiger partial charge in [-0.2, -0.15) is 0 Å². The molecule has 0 saturated carbocycles. The van der Waals surface area contributed by atoms with Gasteiger partial charge in [-0.05, 0) is 11.6 Å². The monoisotopic (exact) mass is 342 g/mol. The summed E-state index contributed by atoms with van der Waals surface area (Å²) in [5, 5.41) is 12.4. The van der Waals surface area contributed by atoms with E-state index in [2.05, 4.69) is 15.3 Å². The molecular weight excluding hydrogens is 324 g/mol. The smallest absolute Gasteiger partial charge is 0.410 e. The van der Waals surface area contributed by atoms with Crippen LogP contribution in [-0.2, 0) is 16.1 Å². The molecular formula is C17H18N4O4. The SMILES string of the molecule is O=C(Nc1ncccn1)[C@H]1C[C@H](O)CN1C(=O)OCc1ccccc1. The zero-order valence-electron chi connectivity index (χ0n) is 13.4. The second-order valence-corrected chi connectivity index (χ2v) is 5.66. The molecule has 2 aromatic rings. The summed E-state index contributed by atoms with van der Waals surface area (Å²) in [6, 6.07) is 10.0. The number of aromatic nitrogens is 2. The summed E-state index contributed by atoms with van der Waals surface area (Å²) in [6.07, 6.45) is 1.71. The average Bonchev–Trinajstić information content (AvgIpc) is 3.03. The van der Waals surface area contributed by atoms with Gasteiger partial charge in [0.25, 0.3) is 0 Å². The molecule has 2 N–H and O–H groups in total. The molecule has 1 fully saturated rings. The van der Waals surface area contributed by atoms with Crippen LogP contribution in [0.15, 0.2) is 48.8 Å². The van der Waals surface area contributed by atoms with Crippen LogP contribution in [0.2, 0.25) is 0 Å². The van der Waals surface area contributed by atoms with Gasteiger partial charge in [0.15, 0.2) is 0 Å². The molecule has 25 heavy (non-hydrogen) atoms. The number of aliphatic hydroxyl groups is 1. The fraction of sp³-hybridized carbons (Fsp3) is 0.294. The first-order valence-electron chi connectivity index (χ1n) is 7.87. The molecule has 1 aliphatic rings. The number of nitrogens with one attached hydrogen (secondary N) is 1. The first-order valence-corrected chi connectivity index (χ1v) is 7.87. The molecule has 3 rings (SSSR count). The van der Waals surface area contributed by atoms with Gasteiger partial charge in [-0.15, -0.1) is 0 Å². The second kappa shape index (κ2) is 7.71. The number of rotatable bonds is 4. The van der Waals surface area contributed by atoms with E-state index >= 15 is 0 Å². The normalized spacial score (nSPS) is 19.5. The summed E-state index contributed by atoms with van der Waals surface area (Å²) in [6.45, 7) is 0.143. The van der Waals surface area contributed by atoms with E-state index in [0.717, 1.165) is 5.56 Å². The number of carbonyl (C=O) groups is 2. The van der Waals surface area contributed by atoms with Crippen molar-refractivity contribution in [1.29, 1.82) is 0 Å². The van der Waals surface area contributed by atoms with E-state index in [-0.39, 0.29) is 25.5 Å². The van der Waals surface area contributed by atoms with Gasteiger partial charge in [-0.3, -0.25) is 15.0 Å². The predicted molar refractivity (Wildman–Crippen MR) is 88.4 cm³/mol. The highest BCUT2D eigenvalue weighted by Crippen LogP contribution is 2.20. The van der Waals surface area contributed by atoms with E-state index in [0.29, 0.717) is 0 Å². The molecule has 0 unspecified atom stereocenters. The van der Waals surface area contributed by atoms with Crippen LogP contribution in [0.1, 0.15) is 12.0 Å². The van der Waals surface area contributed by atoms with Crippen LogP contribution in [0, 0.1) is 0 Å². The third-order valence-corrected chi connectivity index (χ3v) is 3.82. The van der Waals surface area contributed by atoms with E-state index in [1.54, 1.807) is 6.07 Å². The van der Waals surface area contributed by atoms with Crippen LogP contribution in [-0.4, -0.2) is 50.7 Å². The van der Waals surface area contributed by atoms with Gasteiger partial charge < -0.3 is 9.84 Å². The van der Waals surface area contributed by atoms with Crippen LogP contribution < -0.4 is 5.32 Å². The topological polar surface area (TPSA) is 105 Å². The van der Waals surface area contributed by atoms with Crippen molar-refractivity contribution in [2.24, 2.45) is 0 Å². The molecule has 1 aromatic heterocycles. The fourth-order valence-corrected chi connectivity index (χ4v) is 2.62. The van der Waals surface area contributed by atoms with Crippen LogP contribution in [0.25, 0.3) is 0 Å². The van der Waals surface area contributed by atoms with Gasteiger partial charge in [0.1, 0.15) is 12.6 Å². The van der Waals surface area contributed by atoms with Crippen molar-refractivity contribution in [3.05, 3.63) is 54.4 Å². The Morgan fingerprint density at radius 1 is 1.20 bits per heavy atom. The van der Waals surface area contributed by atoms with Crippen molar-refractivity contribution in [2.75, 3.05) is 11.9 Å². The van der Waals surface area contributed by atoms with Crippen molar-refractivity contribution in [1.82, 2.24) is 14.9 Å². The van der Waals surface area contributed by atoms with Crippen molar-refractivity contribution in [2.45, 2.75) is 25.2 Å². The highest BCUT2D eigenvalue weighted by Gasteiger charge is 2.40. The first-order chi connectivity index (χ1) is 12.1. The number of anilines is 1. The van der Waals surface area contributed by atoms with Gasteiger partial charge in [0, 0.05) is 18.8 Å². The summed E-state index contributed by atoms with van der Waals surface area (Å²) in [4.78, 5) is 33.8. The van der Waals surface area contributed by atoms with Crippen molar-refractivity contribution >= 4 is 17.9 Å².